The van der Waals surface area contributed by atoms with Crippen LogP contribution < -0.4 is 15.5 Å². The van der Waals surface area contributed by atoms with E-state index in [4.69, 9.17) is 9.40 Å². The minimum absolute atomic E-state index is 0.0379. The number of furan rings is 1. The van der Waals surface area contributed by atoms with E-state index in [1.165, 1.54) is 6.92 Å². The monoisotopic (exact) mass is 460 g/mol. The van der Waals surface area contributed by atoms with Crippen molar-refractivity contribution in [3.05, 3.63) is 66.6 Å². The fourth-order valence-corrected chi connectivity index (χ4v) is 3.63. The fourth-order valence-electron chi connectivity index (χ4n) is 3.63. The van der Waals surface area contributed by atoms with Crippen LogP contribution in [0.3, 0.4) is 0 Å². The van der Waals surface area contributed by atoms with E-state index in [1.54, 1.807) is 24.5 Å². The number of amides is 2. The average molecular weight is 461 g/mol. The van der Waals surface area contributed by atoms with Crippen LogP contribution in [0.25, 0.3) is 17.5 Å². The van der Waals surface area contributed by atoms with Crippen molar-refractivity contribution in [2.24, 2.45) is 0 Å². The topological polar surface area (TPSA) is 104 Å². The molecule has 1 saturated heterocycles. The summed E-state index contributed by atoms with van der Waals surface area (Å²) in [7, 11) is 0. The molecule has 4 rings (SSSR count). The Morgan fingerprint density at radius 2 is 1.82 bits per heavy atom. The molecule has 3 aromatic rings. The highest BCUT2D eigenvalue weighted by Crippen LogP contribution is 2.23. The highest BCUT2D eigenvalue weighted by atomic mass is 16.3. The Kier molecular flexibility index (Phi) is 7.54. The molecule has 9 nitrogen and oxygen atoms in total. The number of benzene rings is 1. The number of carbonyl (C=O) groups is 2. The smallest absolute Gasteiger partial charge is 0.246 e. The van der Waals surface area contributed by atoms with Gasteiger partial charge < -0.3 is 24.9 Å². The Labute approximate surface area is 198 Å². The first kappa shape index (κ1) is 23.0. The van der Waals surface area contributed by atoms with Gasteiger partial charge in [-0.3, -0.25) is 9.59 Å². The van der Waals surface area contributed by atoms with Gasteiger partial charge in [-0.25, -0.2) is 9.97 Å². The number of nitrogens with zero attached hydrogens (tertiary/aromatic N) is 4. The van der Waals surface area contributed by atoms with Gasteiger partial charge in [-0.1, -0.05) is 30.3 Å². The molecular weight excluding hydrogens is 432 g/mol. The number of nitrogens with one attached hydrogen (secondary N) is 2. The van der Waals surface area contributed by atoms with Crippen LogP contribution in [0.2, 0.25) is 0 Å². The van der Waals surface area contributed by atoms with Crippen LogP contribution in [0.15, 0.2) is 65.3 Å². The summed E-state index contributed by atoms with van der Waals surface area (Å²) in [5.74, 6) is 2.66. The summed E-state index contributed by atoms with van der Waals surface area (Å²) in [5, 5.41) is 6.04. The second-order valence-corrected chi connectivity index (χ2v) is 7.87. The first-order valence-corrected chi connectivity index (χ1v) is 11.3. The molecular formula is C25H28N6O3. The predicted octanol–water partition coefficient (Wildman–Crippen LogP) is 2.65. The lowest BCUT2D eigenvalue weighted by Crippen LogP contribution is -2.48. The lowest BCUT2D eigenvalue weighted by molar-refractivity contribution is -0.126. The molecule has 3 heterocycles. The van der Waals surface area contributed by atoms with Crippen LogP contribution in [-0.4, -0.2) is 66.0 Å². The molecule has 1 aliphatic rings. The predicted molar refractivity (Wildman–Crippen MR) is 131 cm³/mol. The third-order valence-corrected chi connectivity index (χ3v) is 5.40. The second kappa shape index (κ2) is 11.1. The summed E-state index contributed by atoms with van der Waals surface area (Å²) in [6.45, 7) is 5.06. The summed E-state index contributed by atoms with van der Waals surface area (Å²) in [6.07, 6.45) is 4.81. The van der Waals surface area contributed by atoms with Gasteiger partial charge in [0.2, 0.25) is 11.8 Å². The molecule has 9 heteroatoms. The molecule has 2 N–H and O–H groups in total. The number of rotatable bonds is 8. The van der Waals surface area contributed by atoms with Crippen LogP contribution >= 0.6 is 0 Å². The van der Waals surface area contributed by atoms with Gasteiger partial charge in [0.1, 0.15) is 17.4 Å². The molecule has 1 aliphatic heterocycles. The molecule has 1 fully saturated rings. The number of aromatic nitrogens is 2. The Bertz CT molecular complexity index is 1120. The Morgan fingerprint density at radius 3 is 2.53 bits per heavy atom. The van der Waals surface area contributed by atoms with Gasteiger partial charge in [0.05, 0.1) is 6.26 Å². The highest BCUT2D eigenvalue weighted by molar-refractivity contribution is 5.91. The van der Waals surface area contributed by atoms with Gasteiger partial charge in [-0.05, 0) is 18.2 Å². The number of piperazine rings is 1. The van der Waals surface area contributed by atoms with Gasteiger partial charge in [-0.15, -0.1) is 0 Å². The summed E-state index contributed by atoms with van der Waals surface area (Å²) in [5.41, 5.74) is 0.922. The van der Waals surface area contributed by atoms with Crippen molar-refractivity contribution in [3.8, 4) is 11.4 Å². The number of hydrogen-bond donors (Lipinski definition) is 2. The first-order valence-electron chi connectivity index (χ1n) is 11.3. The van der Waals surface area contributed by atoms with Crippen LogP contribution in [0.4, 0.5) is 11.6 Å². The van der Waals surface area contributed by atoms with Crippen molar-refractivity contribution in [3.63, 3.8) is 0 Å². The van der Waals surface area contributed by atoms with E-state index in [9.17, 15) is 9.59 Å². The van der Waals surface area contributed by atoms with E-state index in [2.05, 4.69) is 20.5 Å². The van der Waals surface area contributed by atoms with E-state index in [0.29, 0.717) is 56.7 Å². The van der Waals surface area contributed by atoms with E-state index >= 15 is 0 Å². The first-order chi connectivity index (χ1) is 16.6. The second-order valence-electron chi connectivity index (χ2n) is 7.87. The van der Waals surface area contributed by atoms with E-state index < -0.39 is 0 Å². The van der Waals surface area contributed by atoms with Crippen molar-refractivity contribution in [2.45, 2.75) is 6.92 Å². The molecule has 0 atom stereocenters. The SMILES string of the molecule is CC(=O)NCCNc1cc(N2CCN(C(=O)C=Cc3ccco3)CC2)nc(-c2ccccc2)n1. The zero-order chi connectivity index (χ0) is 23.8. The lowest BCUT2D eigenvalue weighted by Gasteiger charge is -2.35. The Balaban J connectivity index is 1.44. The minimum atomic E-state index is -0.0680. The van der Waals surface area contributed by atoms with Gasteiger partial charge >= 0.3 is 0 Å². The van der Waals surface area contributed by atoms with Crippen LogP contribution in [0, 0.1) is 0 Å². The van der Waals surface area contributed by atoms with Crippen LogP contribution in [0.5, 0.6) is 0 Å². The maximum absolute atomic E-state index is 12.5. The maximum atomic E-state index is 12.5. The molecule has 0 aliphatic carbocycles. The van der Waals surface area contributed by atoms with Crippen molar-refractivity contribution < 1.29 is 14.0 Å². The molecule has 2 aromatic heterocycles. The maximum Gasteiger partial charge on any atom is 0.246 e. The van der Waals surface area contributed by atoms with E-state index in [0.717, 1.165) is 11.4 Å². The number of carbonyl (C=O) groups excluding carboxylic acids is 2. The largest absolute Gasteiger partial charge is 0.465 e. The average Bonchev–Trinajstić information content (AvgIpc) is 3.39. The molecule has 34 heavy (non-hydrogen) atoms. The molecule has 176 valence electrons. The third kappa shape index (κ3) is 6.22. The normalized spacial score (nSPS) is 13.8. The number of anilines is 2. The third-order valence-electron chi connectivity index (χ3n) is 5.40. The Hall–Kier alpha value is -4.14. The molecule has 0 radical (unpaired) electrons. The van der Waals surface area contributed by atoms with E-state index in [1.807, 2.05) is 47.4 Å². The molecule has 0 spiro atoms. The van der Waals surface area contributed by atoms with Crippen molar-refractivity contribution in [1.29, 1.82) is 0 Å². The zero-order valence-electron chi connectivity index (χ0n) is 19.1. The molecule has 2 amide bonds. The zero-order valence-corrected chi connectivity index (χ0v) is 19.1. The molecule has 1 aromatic carbocycles. The molecule has 0 unspecified atom stereocenters. The summed E-state index contributed by atoms with van der Waals surface area (Å²) >= 11 is 0. The standard InChI is InChI=1S/C25H28N6O3/c1-19(32)26-11-12-27-22-18-23(29-25(28-22)20-6-3-2-4-7-20)30-13-15-31(16-14-30)24(33)10-9-21-8-5-17-34-21/h2-10,17-18H,11-16H2,1H3,(H,26,32)(H,27,28,29). The van der Waals surface area contributed by atoms with Gasteiger partial charge in [0, 0.05) is 63.9 Å². The minimum Gasteiger partial charge on any atom is -0.465 e. The lowest BCUT2D eigenvalue weighted by atomic mass is 10.2. The van der Waals surface area contributed by atoms with E-state index in [-0.39, 0.29) is 11.8 Å². The quantitative estimate of drug-likeness (QED) is 0.393. The fraction of sp³-hybridized carbons (Fsp3) is 0.280. The molecule has 0 bridgehead atoms. The summed E-state index contributed by atoms with van der Waals surface area (Å²) in [6, 6.07) is 15.3. The Morgan fingerprint density at radius 1 is 1.03 bits per heavy atom. The van der Waals surface area contributed by atoms with Crippen LogP contribution in [0.1, 0.15) is 12.7 Å². The van der Waals surface area contributed by atoms with Gasteiger partial charge in [-0.2, -0.15) is 0 Å². The van der Waals surface area contributed by atoms with Crippen LogP contribution in [-0.2, 0) is 9.59 Å². The van der Waals surface area contributed by atoms with Crippen molar-refractivity contribution in [1.82, 2.24) is 20.2 Å². The number of hydrogen-bond acceptors (Lipinski definition) is 7. The summed E-state index contributed by atoms with van der Waals surface area (Å²) in [4.78, 5) is 37.1. The van der Waals surface area contributed by atoms with Crippen molar-refractivity contribution >= 4 is 29.5 Å². The van der Waals surface area contributed by atoms with Gasteiger partial charge in [0.25, 0.3) is 0 Å². The highest BCUT2D eigenvalue weighted by Gasteiger charge is 2.22. The summed E-state index contributed by atoms with van der Waals surface area (Å²) < 4.78 is 5.25. The van der Waals surface area contributed by atoms with Gasteiger partial charge in [0.15, 0.2) is 5.82 Å². The van der Waals surface area contributed by atoms with Crippen molar-refractivity contribution in [2.75, 3.05) is 49.5 Å². The molecule has 0 saturated carbocycles.